The van der Waals surface area contributed by atoms with Gasteiger partial charge in [0.1, 0.15) is 5.82 Å². The summed E-state index contributed by atoms with van der Waals surface area (Å²) in [6, 6.07) is 0. The number of carbonyl (C=O) groups is 1. The number of H-pyrrole nitrogens is 1. The number of hydrogen-bond acceptors (Lipinski definition) is 6. The highest BCUT2D eigenvalue weighted by molar-refractivity contribution is 6.00. The van der Waals surface area contributed by atoms with Crippen molar-refractivity contribution >= 4 is 11.9 Å². The number of rotatable bonds is 5. The van der Waals surface area contributed by atoms with E-state index in [9.17, 15) is 4.79 Å². The van der Waals surface area contributed by atoms with Gasteiger partial charge in [0, 0.05) is 5.92 Å². The molecule has 8 heteroatoms. The smallest absolute Gasteiger partial charge is 0.286 e. The Morgan fingerprint density at radius 2 is 1.86 bits per heavy atom. The maximum Gasteiger partial charge on any atom is 0.297 e. The van der Waals surface area contributed by atoms with Crippen LogP contribution in [0.3, 0.4) is 0 Å². The molecule has 0 radical (unpaired) electrons. The van der Waals surface area contributed by atoms with Gasteiger partial charge in [-0.15, -0.1) is 15.3 Å². The summed E-state index contributed by atoms with van der Waals surface area (Å²) in [6.45, 7) is 7.90. The molecule has 0 unspecified atom stereocenters. The molecule has 2 aromatic heterocycles. The van der Waals surface area contributed by atoms with Crippen LogP contribution in [-0.2, 0) is 12.8 Å². The topological polar surface area (TPSA) is 109 Å². The number of carbonyl (C=O) groups excluding carboxylic acids is 1. The summed E-state index contributed by atoms with van der Waals surface area (Å²) in [4.78, 5) is 20.5. The van der Waals surface area contributed by atoms with Crippen LogP contribution >= 0.6 is 0 Å². The summed E-state index contributed by atoms with van der Waals surface area (Å²) >= 11 is 0. The first-order valence-corrected chi connectivity index (χ1v) is 7.01. The molecule has 2 aromatic rings. The highest BCUT2D eigenvalue weighted by Gasteiger charge is 2.16. The van der Waals surface area contributed by atoms with E-state index < -0.39 is 5.91 Å². The van der Waals surface area contributed by atoms with Crippen LogP contribution in [0.15, 0.2) is 0 Å². The minimum atomic E-state index is -0.453. The van der Waals surface area contributed by atoms with Crippen LogP contribution in [0.5, 0.6) is 0 Å². The van der Waals surface area contributed by atoms with Crippen molar-refractivity contribution in [1.82, 2.24) is 30.4 Å². The lowest BCUT2D eigenvalue weighted by atomic mass is 10.2. The van der Waals surface area contributed by atoms with Crippen molar-refractivity contribution < 1.29 is 4.79 Å². The van der Waals surface area contributed by atoms with Crippen molar-refractivity contribution in [2.45, 2.75) is 46.5 Å². The van der Waals surface area contributed by atoms with Gasteiger partial charge in [0.05, 0.1) is 11.4 Å². The fourth-order valence-corrected chi connectivity index (χ4v) is 1.78. The molecule has 0 aliphatic heterocycles. The molecule has 0 aliphatic rings. The van der Waals surface area contributed by atoms with Gasteiger partial charge in [-0.2, -0.15) is 0 Å². The maximum atomic E-state index is 12.0. The Kier molecular flexibility index (Phi) is 4.56. The molecule has 112 valence electrons. The van der Waals surface area contributed by atoms with Crippen LogP contribution in [0.1, 0.15) is 61.4 Å². The van der Waals surface area contributed by atoms with E-state index in [1.807, 2.05) is 27.7 Å². The van der Waals surface area contributed by atoms with Crippen LogP contribution in [0.2, 0.25) is 0 Å². The molecular formula is C13H19N7O. The number of aromatic nitrogens is 6. The van der Waals surface area contributed by atoms with Crippen LogP contribution in [0.25, 0.3) is 0 Å². The number of aromatic amines is 1. The summed E-state index contributed by atoms with van der Waals surface area (Å²) in [5.74, 6) is 0.624. The summed E-state index contributed by atoms with van der Waals surface area (Å²) in [5.41, 5.74) is 1.68. The molecule has 8 nitrogen and oxygen atoms in total. The summed E-state index contributed by atoms with van der Waals surface area (Å²) in [6.07, 6.45) is 1.50. The molecule has 2 rings (SSSR count). The maximum absolute atomic E-state index is 12.0. The molecule has 1 amide bonds. The second-order valence-corrected chi connectivity index (χ2v) is 4.89. The van der Waals surface area contributed by atoms with E-state index in [-0.39, 0.29) is 17.7 Å². The van der Waals surface area contributed by atoms with Gasteiger partial charge in [0.25, 0.3) is 5.91 Å². The van der Waals surface area contributed by atoms with Gasteiger partial charge < -0.3 is 0 Å². The molecule has 0 bridgehead atoms. The van der Waals surface area contributed by atoms with Gasteiger partial charge >= 0.3 is 0 Å². The zero-order valence-electron chi connectivity index (χ0n) is 12.6. The van der Waals surface area contributed by atoms with Crippen LogP contribution < -0.4 is 5.32 Å². The minimum Gasteiger partial charge on any atom is -0.286 e. The van der Waals surface area contributed by atoms with Gasteiger partial charge in [0.2, 0.25) is 11.8 Å². The quantitative estimate of drug-likeness (QED) is 0.863. The first-order chi connectivity index (χ1) is 10.0. The molecule has 0 fully saturated rings. The standard InChI is InChI=1S/C13H19N7O/c1-5-8-9(6-2)17-20-13(14-8)16-12(21)11-15-10(7(3)4)18-19-11/h7H,5-6H2,1-4H3,(H,15,18,19)(H,14,16,20,21). The Morgan fingerprint density at radius 1 is 1.14 bits per heavy atom. The summed E-state index contributed by atoms with van der Waals surface area (Å²) in [7, 11) is 0. The molecule has 0 saturated heterocycles. The average Bonchev–Trinajstić information content (AvgIpc) is 2.97. The fourth-order valence-electron chi connectivity index (χ4n) is 1.78. The van der Waals surface area contributed by atoms with Crippen molar-refractivity contribution in [2.24, 2.45) is 0 Å². The lowest BCUT2D eigenvalue weighted by Gasteiger charge is -2.05. The third-order valence-corrected chi connectivity index (χ3v) is 2.99. The zero-order valence-corrected chi connectivity index (χ0v) is 12.6. The Morgan fingerprint density at radius 3 is 2.43 bits per heavy atom. The first kappa shape index (κ1) is 15.0. The molecule has 0 saturated carbocycles. The largest absolute Gasteiger partial charge is 0.297 e. The Hall–Kier alpha value is -2.38. The van der Waals surface area contributed by atoms with Gasteiger partial charge in [0.15, 0.2) is 0 Å². The lowest BCUT2D eigenvalue weighted by Crippen LogP contribution is -2.18. The van der Waals surface area contributed by atoms with Gasteiger partial charge in [-0.25, -0.2) is 9.97 Å². The predicted octanol–water partition coefficient (Wildman–Crippen LogP) is 1.49. The van der Waals surface area contributed by atoms with E-state index in [1.165, 1.54) is 0 Å². The second kappa shape index (κ2) is 6.38. The van der Waals surface area contributed by atoms with E-state index >= 15 is 0 Å². The summed E-state index contributed by atoms with van der Waals surface area (Å²) in [5, 5.41) is 17.2. The molecule has 0 aliphatic carbocycles. The Labute approximate surface area is 122 Å². The zero-order chi connectivity index (χ0) is 15.4. The molecule has 2 N–H and O–H groups in total. The van der Waals surface area contributed by atoms with E-state index in [2.05, 4.69) is 35.7 Å². The van der Waals surface area contributed by atoms with Gasteiger partial charge in [-0.3, -0.25) is 15.2 Å². The van der Waals surface area contributed by atoms with Crippen LogP contribution in [0.4, 0.5) is 5.95 Å². The van der Waals surface area contributed by atoms with E-state index in [1.54, 1.807) is 0 Å². The van der Waals surface area contributed by atoms with E-state index in [0.717, 1.165) is 24.2 Å². The number of aryl methyl sites for hydroxylation is 2. The first-order valence-electron chi connectivity index (χ1n) is 7.01. The number of nitrogens with zero attached hydrogens (tertiary/aromatic N) is 5. The predicted molar refractivity (Wildman–Crippen MR) is 77.0 cm³/mol. The third kappa shape index (κ3) is 3.39. The number of hydrogen-bond donors (Lipinski definition) is 2. The van der Waals surface area contributed by atoms with E-state index in [4.69, 9.17) is 0 Å². The SMILES string of the molecule is CCc1nnc(NC(=O)c2n[nH]c(C(C)C)n2)nc1CC. The molecule has 0 spiro atoms. The van der Waals surface area contributed by atoms with Crippen molar-refractivity contribution in [1.29, 1.82) is 0 Å². The molecule has 21 heavy (non-hydrogen) atoms. The Balaban J connectivity index is 2.15. The third-order valence-electron chi connectivity index (χ3n) is 2.99. The second-order valence-electron chi connectivity index (χ2n) is 4.89. The van der Waals surface area contributed by atoms with Gasteiger partial charge in [-0.1, -0.05) is 27.7 Å². The number of anilines is 1. The fraction of sp³-hybridized carbons (Fsp3) is 0.538. The van der Waals surface area contributed by atoms with Crippen LogP contribution in [-0.4, -0.2) is 36.3 Å². The minimum absolute atomic E-state index is 0.0694. The molecular weight excluding hydrogens is 270 g/mol. The highest BCUT2D eigenvalue weighted by atomic mass is 16.2. The molecule has 0 atom stereocenters. The number of nitrogens with one attached hydrogen (secondary N) is 2. The van der Waals surface area contributed by atoms with Crippen molar-refractivity contribution in [2.75, 3.05) is 5.32 Å². The highest BCUT2D eigenvalue weighted by Crippen LogP contribution is 2.10. The van der Waals surface area contributed by atoms with Crippen molar-refractivity contribution in [3.05, 3.63) is 23.0 Å². The van der Waals surface area contributed by atoms with E-state index in [0.29, 0.717) is 5.82 Å². The lowest BCUT2D eigenvalue weighted by molar-refractivity contribution is 0.101. The molecule has 0 aromatic carbocycles. The molecule has 2 heterocycles. The average molecular weight is 289 g/mol. The van der Waals surface area contributed by atoms with Crippen molar-refractivity contribution in [3.8, 4) is 0 Å². The van der Waals surface area contributed by atoms with Gasteiger partial charge in [-0.05, 0) is 12.8 Å². The monoisotopic (exact) mass is 289 g/mol. The summed E-state index contributed by atoms with van der Waals surface area (Å²) < 4.78 is 0. The Bertz CT molecular complexity index is 635. The van der Waals surface area contributed by atoms with Crippen molar-refractivity contribution in [3.63, 3.8) is 0 Å². The number of amides is 1. The van der Waals surface area contributed by atoms with Crippen LogP contribution in [0, 0.1) is 0 Å². The normalized spacial score (nSPS) is 10.9.